The molecular weight excluding hydrogens is 281 g/mol. The number of hydrogen-bond donors (Lipinski definition) is 1. The zero-order valence-electron chi connectivity index (χ0n) is 9.48. The second-order valence-electron chi connectivity index (χ2n) is 4.08. The van der Waals surface area contributed by atoms with Crippen LogP contribution in [0.1, 0.15) is 12.5 Å². The Morgan fingerprint density at radius 2 is 1.21 bits per heavy atom. The highest BCUT2D eigenvalue weighted by Gasteiger charge is 2.78. The van der Waals surface area contributed by atoms with Gasteiger partial charge in [0.15, 0.2) is 5.60 Å². The van der Waals surface area contributed by atoms with Gasteiger partial charge in [-0.1, -0.05) is 30.3 Å². The van der Waals surface area contributed by atoms with Crippen LogP contribution in [0, 0.1) is 0 Å². The summed E-state index contributed by atoms with van der Waals surface area (Å²) in [6.07, 6.45) is -6.48. The van der Waals surface area contributed by atoms with E-state index in [9.17, 15) is 35.8 Å². The molecule has 0 aromatic heterocycles. The molecule has 0 spiro atoms. The van der Waals surface area contributed by atoms with Crippen LogP contribution in [-0.4, -0.2) is 23.1 Å². The highest BCUT2D eigenvalue weighted by atomic mass is 19.4. The van der Waals surface area contributed by atoms with Crippen molar-refractivity contribution < 1.29 is 35.8 Å². The minimum absolute atomic E-state index is 0.210. The number of rotatable bonds is 3. The summed E-state index contributed by atoms with van der Waals surface area (Å²) < 4.78 is 88.7. The summed E-state index contributed by atoms with van der Waals surface area (Å²) >= 11 is 0. The molecule has 0 amide bonds. The van der Waals surface area contributed by atoms with E-state index in [2.05, 4.69) is 0 Å². The van der Waals surface area contributed by atoms with Gasteiger partial charge in [0.25, 0.3) is 0 Å². The molecule has 0 aliphatic heterocycles. The Morgan fingerprint density at radius 1 is 0.789 bits per heavy atom. The first-order valence-corrected chi connectivity index (χ1v) is 4.96. The van der Waals surface area contributed by atoms with Crippen molar-refractivity contribution in [2.45, 2.75) is 30.5 Å². The summed E-state index contributed by atoms with van der Waals surface area (Å²) in [5.74, 6) is -12.1. The van der Waals surface area contributed by atoms with Crippen LogP contribution in [0.5, 0.6) is 0 Å². The van der Waals surface area contributed by atoms with Crippen molar-refractivity contribution in [1.29, 1.82) is 0 Å². The van der Waals surface area contributed by atoms with E-state index >= 15 is 0 Å². The Balaban J connectivity index is 3.34. The summed E-state index contributed by atoms with van der Waals surface area (Å²) in [5, 5.41) is 9.48. The largest absolute Gasteiger partial charge is 0.460 e. The molecule has 1 nitrogen and oxygen atoms in total. The maximum Gasteiger partial charge on any atom is 0.460 e. The van der Waals surface area contributed by atoms with Crippen molar-refractivity contribution in [2.24, 2.45) is 0 Å². The zero-order chi connectivity index (χ0) is 15.1. The van der Waals surface area contributed by atoms with E-state index in [-0.39, 0.29) is 6.92 Å². The molecule has 108 valence electrons. The first-order chi connectivity index (χ1) is 8.36. The van der Waals surface area contributed by atoms with Crippen LogP contribution in [0.4, 0.5) is 30.7 Å². The van der Waals surface area contributed by atoms with Crippen molar-refractivity contribution in [3.63, 3.8) is 0 Å². The van der Waals surface area contributed by atoms with Gasteiger partial charge in [-0.05, 0) is 12.5 Å². The molecular formula is C11H9F7O. The van der Waals surface area contributed by atoms with Crippen LogP contribution in [0.15, 0.2) is 30.3 Å². The molecule has 19 heavy (non-hydrogen) atoms. The Hall–Kier alpha value is -1.31. The number of aliphatic hydroxyl groups is 1. The fourth-order valence-corrected chi connectivity index (χ4v) is 1.43. The van der Waals surface area contributed by atoms with Gasteiger partial charge in [0.1, 0.15) is 0 Å². The van der Waals surface area contributed by atoms with Gasteiger partial charge in [-0.25, -0.2) is 0 Å². The maximum absolute atomic E-state index is 13.4. The predicted molar refractivity (Wildman–Crippen MR) is 52.0 cm³/mol. The monoisotopic (exact) mass is 290 g/mol. The molecule has 1 aromatic rings. The lowest BCUT2D eigenvalue weighted by atomic mass is 9.85. The van der Waals surface area contributed by atoms with Crippen molar-refractivity contribution in [3.8, 4) is 0 Å². The van der Waals surface area contributed by atoms with E-state index < -0.39 is 29.2 Å². The minimum atomic E-state index is -6.48. The first kappa shape index (κ1) is 15.7. The lowest BCUT2D eigenvalue weighted by molar-refractivity contribution is -0.388. The number of hydrogen-bond acceptors (Lipinski definition) is 1. The average molecular weight is 290 g/mol. The van der Waals surface area contributed by atoms with Crippen molar-refractivity contribution in [3.05, 3.63) is 35.9 Å². The Morgan fingerprint density at radius 3 is 1.58 bits per heavy atom. The van der Waals surface area contributed by atoms with Gasteiger partial charge in [0.05, 0.1) is 0 Å². The minimum Gasteiger partial charge on any atom is -0.379 e. The molecule has 8 heteroatoms. The SMILES string of the molecule is CC(O)(c1ccccc1)C(F)(F)C(F)(F)C(F)(F)F. The van der Waals surface area contributed by atoms with E-state index in [1.807, 2.05) is 0 Å². The molecule has 0 bridgehead atoms. The van der Waals surface area contributed by atoms with Gasteiger partial charge < -0.3 is 5.11 Å². The van der Waals surface area contributed by atoms with Gasteiger partial charge in [-0.3, -0.25) is 0 Å². The molecule has 1 N–H and O–H groups in total. The Kier molecular flexibility index (Phi) is 3.62. The fraction of sp³-hybridized carbons (Fsp3) is 0.455. The highest BCUT2D eigenvalue weighted by Crippen LogP contribution is 2.53. The summed E-state index contributed by atoms with van der Waals surface area (Å²) in [4.78, 5) is 0. The average Bonchev–Trinajstić information content (AvgIpc) is 2.28. The summed E-state index contributed by atoms with van der Waals surface area (Å²) in [7, 11) is 0. The van der Waals surface area contributed by atoms with Gasteiger partial charge in [-0.15, -0.1) is 0 Å². The van der Waals surface area contributed by atoms with Crippen LogP contribution >= 0.6 is 0 Å². The van der Waals surface area contributed by atoms with Crippen molar-refractivity contribution in [1.82, 2.24) is 0 Å². The number of alkyl halides is 7. The lowest BCUT2D eigenvalue weighted by Gasteiger charge is -2.38. The van der Waals surface area contributed by atoms with Gasteiger partial charge in [-0.2, -0.15) is 30.7 Å². The van der Waals surface area contributed by atoms with Gasteiger partial charge >= 0.3 is 18.0 Å². The van der Waals surface area contributed by atoms with E-state index in [0.717, 1.165) is 24.3 Å². The van der Waals surface area contributed by atoms with E-state index in [1.165, 1.54) is 6.07 Å². The molecule has 1 rings (SSSR count). The predicted octanol–water partition coefficient (Wildman–Crippen LogP) is 3.73. The van der Waals surface area contributed by atoms with Crippen LogP contribution in [-0.2, 0) is 5.60 Å². The van der Waals surface area contributed by atoms with Crippen LogP contribution in [0.3, 0.4) is 0 Å². The van der Waals surface area contributed by atoms with Crippen LogP contribution in [0.2, 0.25) is 0 Å². The van der Waals surface area contributed by atoms with Crippen LogP contribution < -0.4 is 0 Å². The second-order valence-corrected chi connectivity index (χ2v) is 4.08. The summed E-state index contributed by atoms with van der Waals surface area (Å²) in [5.41, 5.74) is -4.42. The molecule has 0 aliphatic carbocycles. The fourth-order valence-electron chi connectivity index (χ4n) is 1.43. The molecule has 0 radical (unpaired) electrons. The quantitative estimate of drug-likeness (QED) is 0.841. The van der Waals surface area contributed by atoms with E-state index in [4.69, 9.17) is 0 Å². The van der Waals surface area contributed by atoms with Gasteiger partial charge in [0, 0.05) is 0 Å². The second kappa shape index (κ2) is 4.36. The highest BCUT2D eigenvalue weighted by molar-refractivity contribution is 5.26. The molecule has 0 saturated heterocycles. The molecule has 1 atom stereocenters. The maximum atomic E-state index is 13.4. The molecule has 0 fully saturated rings. The normalized spacial score (nSPS) is 17.1. The van der Waals surface area contributed by atoms with Crippen LogP contribution in [0.25, 0.3) is 0 Å². The molecule has 1 unspecified atom stereocenters. The molecule has 0 aliphatic rings. The van der Waals surface area contributed by atoms with Gasteiger partial charge in [0.2, 0.25) is 0 Å². The third kappa shape index (κ3) is 2.29. The molecule has 1 aromatic carbocycles. The molecule has 0 heterocycles. The van der Waals surface area contributed by atoms with Crippen molar-refractivity contribution >= 4 is 0 Å². The van der Waals surface area contributed by atoms with Crippen molar-refractivity contribution in [2.75, 3.05) is 0 Å². The number of benzene rings is 1. The Labute approximate surface area is 103 Å². The smallest absolute Gasteiger partial charge is 0.379 e. The standard InChI is InChI=1S/C11H9F7O/c1-8(19,7-5-3-2-4-6-7)9(12,13)10(14,15)11(16,17)18/h2-6,19H,1H3. The first-order valence-electron chi connectivity index (χ1n) is 4.96. The van der Waals surface area contributed by atoms with E-state index in [0.29, 0.717) is 0 Å². The lowest BCUT2D eigenvalue weighted by Crippen LogP contribution is -2.61. The summed E-state index contributed by atoms with van der Waals surface area (Å²) in [6.45, 7) is 0.210. The third-order valence-electron chi connectivity index (χ3n) is 2.70. The van der Waals surface area contributed by atoms with E-state index in [1.54, 1.807) is 0 Å². The number of halogens is 7. The summed E-state index contributed by atoms with van der Waals surface area (Å²) in [6, 6.07) is 5.26. The molecule has 0 saturated carbocycles. The third-order valence-corrected chi connectivity index (χ3v) is 2.70. The topological polar surface area (TPSA) is 20.2 Å². The Bertz CT molecular complexity index is 436. The zero-order valence-corrected chi connectivity index (χ0v) is 9.48.